The first-order valence-corrected chi connectivity index (χ1v) is 13.4. The molecule has 1 aromatic heterocycles. The summed E-state index contributed by atoms with van der Waals surface area (Å²) in [5.74, 6) is -2.92. The molecule has 3 aromatic carbocycles. The Morgan fingerprint density at radius 3 is 2.38 bits per heavy atom. The largest absolute Gasteiger partial charge is 0.508 e. The molecule has 1 saturated heterocycles. The van der Waals surface area contributed by atoms with Crippen molar-refractivity contribution in [1.82, 2.24) is 0 Å². The van der Waals surface area contributed by atoms with Crippen LogP contribution in [0.5, 0.6) is 34.5 Å². The van der Waals surface area contributed by atoms with Crippen LogP contribution in [0.4, 0.5) is 0 Å². The van der Waals surface area contributed by atoms with Gasteiger partial charge in [-0.05, 0) is 48.0 Å². The average Bonchev–Trinajstić information content (AvgIpc) is 3.02. The van der Waals surface area contributed by atoms with Gasteiger partial charge in [-0.15, -0.1) is 0 Å². The molecule has 1 aliphatic heterocycles. The molecule has 0 saturated carbocycles. The van der Waals surface area contributed by atoms with Gasteiger partial charge in [-0.2, -0.15) is 0 Å². The molecule has 236 valence electrons. The SMILES string of the molecule is COc1cc(/C=C/C(=O)O[C@H]2[C@H](Oc3cc(O)c4c(=O)c(O)c(-c5ccc(O)cc5)oc4c3)O[C@H](CO)[C@@H](O)[C@@H]2O)ccc1O. The van der Waals surface area contributed by atoms with E-state index in [1.807, 2.05) is 0 Å². The van der Waals surface area contributed by atoms with E-state index in [0.717, 1.165) is 12.1 Å². The van der Waals surface area contributed by atoms with Crippen LogP contribution in [0.1, 0.15) is 5.56 Å². The fourth-order valence-corrected chi connectivity index (χ4v) is 4.69. The highest BCUT2D eigenvalue weighted by molar-refractivity contribution is 5.88. The molecule has 0 bridgehead atoms. The second kappa shape index (κ2) is 12.8. The third-order valence-corrected chi connectivity index (χ3v) is 7.00. The number of phenols is 3. The number of phenolic OH excluding ortho intramolecular Hbond substituents is 3. The van der Waals surface area contributed by atoms with Crippen molar-refractivity contribution in [3.8, 4) is 45.8 Å². The monoisotopic (exact) mass is 624 g/mol. The zero-order valence-electron chi connectivity index (χ0n) is 23.4. The van der Waals surface area contributed by atoms with E-state index >= 15 is 0 Å². The van der Waals surface area contributed by atoms with Gasteiger partial charge >= 0.3 is 5.97 Å². The van der Waals surface area contributed by atoms with Crippen molar-refractivity contribution in [2.75, 3.05) is 13.7 Å². The summed E-state index contributed by atoms with van der Waals surface area (Å²) in [5.41, 5.74) is -0.492. The van der Waals surface area contributed by atoms with Crippen LogP contribution in [0, 0.1) is 0 Å². The highest BCUT2D eigenvalue weighted by atomic mass is 16.7. The molecule has 14 heteroatoms. The standard InChI is InChI=1S/C31H28O14/c1-41-20-10-14(2-8-18(20)34)3-9-23(36)45-30-27(39)25(37)22(13-32)44-31(30)42-17-11-19(35)24-21(12-17)43-29(28(40)26(24)38)15-4-6-16(33)7-5-15/h2-12,22,25,27,30-35,37,39-40H,13H2,1H3/b9-3+/t22-,25-,27+,30-,31-/m1/s1. The van der Waals surface area contributed by atoms with E-state index < -0.39 is 60.2 Å². The van der Waals surface area contributed by atoms with E-state index in [0.29, 0.717) is 5.56 Å². The Hall–Kier alpha value is -5.28. The zero-order valence-corrected chi connectivity index (χ0v) is 23.4. The van der Waals surface area contributed by atoms with Crippen molar-refractivity contribution >= 4 is 23.0 Å². The summed E-state index contributed by atoms with van der Waals surface area (Å²) < 4.78 is 27.5. The zero-order chi connectivity index (χ0) is 32.4. The molecule has 0 amide bonds. The first-order chi connectivity index (χ1) is 21.5. The van der Waals surface area contributed by atoms with Crippen LogP contribution in [0.15, 0.2) is 69.9 Å². The van der Waals surface area contributed by atoms with E-state index in [-0.39, 0.29) is 45.3 Å². The number of carbonyl (C=O) groups is 1. The molecule has 0 unspecified atom stereocenters. The van der Waals surface area contributed by atoms with E-state index in [2.05, 4.69) is 0 Å². The number of aliphatic hydroxyl groups excluding tert-OH is 3. The molecule has 1 fully saturated rings. The quantitative estimate of drug-likeness (QED) is 0.110. The lowest BCUT2D eigenvalue weighted by atomic mass is 9.99. The van der Waals surface area contributed by atoms with Gasteiger partial charge in [-0.3, -0.25) is 4.79 Å². The third kappa shape index (κ3) is 6.34. The molecular formula is C31H28O14. The van der Waals surface area contributed by atoms with Crippen molar-refractivity contribution in [3.63, 3.8) is 0 Å². The van der Waals surface area contributed by atoms with Crippen molar-refractivity contribution < 1.29 is 63.9 Å². The molecule has 0 radical (unpaired) electrons. The van der Waals surface area contributed by atoms with Gasteiger partial charge in [-0.25, -0.2) is 4.79 Å². The smallest absolute Gasteiger partial charge is 0.331 e. The summed E-state index contributed by atoms with van der Waals surface area (Å²) in [4.78, 5) is 25.6. The van der Waals surface area contributed by atoms with Crippen LogP contribution < -0.4 is 14.9 Å². The number of esters is 1. The molecule has 1 aliphatic rings. The second-order valence-electron chi connectivity index (χ2n) is 9.96. The number of fused-ring (bicyclic) bond motifs is 1. The van der Waals surface area contributed by atoms with E-state index in [1.165, 1.54) is 61.7 Å². The Morgan fingerprint density at radius 1 is 0.956 bits per heavy atom. The van der Waals surface area contributed by atoms with Gasteiger partial charge in [0.25, 0.3) is 0 Å². The molecule has 4 aromatic rings. The number of aromatic hydroxyl groups is 4. The molecular weight excluding hydrogens is 596 g/mol. The predicted molar refractivity (Wildman–Crippen MR) is 155 cm³/mol. The van der Waals surface area contributed by atoms with E-state index in [9.17, 15) is 45.3 Å². The van der Waals surface area contributed by atoms with Gasteiger partial charge in [0.2, 0.25) is 17.5 Å². The van der Waals surface area contributed by atoms with E-state index in [4.69, 9.17) is 23.4 Å². The van der Waals surface area contributed by atoms with Gasteiger partial charge in [0.15, 0.2) is 23.4 Å². The lowest BCUT2D eigenvalue weighted by Crippen LogP contribution is -2.61. The van der Waals surface area contributed by atoms with Gasteiger partial charge < -0.3 is 59.1 Å². The molecule has 45 heavy (non-hydrogen) atoms. The summed E-state index contributed by atoms with van der Waals surface area (Å²) in [6.45, 7) is -0.742. The Bertz CT molecular complexity index is 1800. The van der Waals surface area contributed by atoms with Crippen LogP contribution in [-0.4, -0.2) is 86.1 Å². The minimum absolute atomic E-state index is 0.0676. The fourth-order valence-electron chi connectivity index (χ4n) is 4.69. The van der Waals surface area contributed by atoms with Gasteiger partial charge in [0.05, 0.1) is 13.7 Å². The molecule has 7 N–H and O–H groups in total. The van der Waals surface area contributed by atoms with Crippen molar-refractivity contribution in [1.29, 1.82) is 0 Å². The maximum Gasteiger partial charge on any atom is 0.331 e. The molecule has 0 aliphatic carbocycles. The molecule has 2 heterocycles. The van der Waals surface area contributed by atoms with Crippen molar-refractivity contribution in [3.05, 3.63) is 76.5 Å². The number of rotatable bonds is 8. The lowest BCUT2D eigenvalue weighted by Gasteiger charge is -2.41. The molecule has 5 atom stereocenters. The average molecular weight is 625 g/mol. The first kappa shape index (κ1) is 31.2. The predicted octanol–water partition coefficient (Wildman–Crippen LogP) is 1.73. The second-order valence-corrected chi connectivity index (χ2v) is 9.96. The normalized spacial score (nSPS) is 21.6. The molecule has 5 rings (SSSR count). The first-order valence-electron chi connectivity index (χ1n) is 13.4. The summed E-state index contributed by atoms with van der Waals surface area (Å²) in [5, 5.41) is 71.0. The minimum Gasteiger partial charge on any atom is -0.508 e. The Balaban J connectivity index is 1.45. The highest BCUT2D eigenvalue weighted by Gasteiger charge is 2.48. The molecule has 14 nitrogen and oxygen atoms in total. The highest BCUT2D eigenvalue weighted by Crippen LogP contribution is 2.37. The number of hydrogen-bond acceptors (Lipinski definition) is 14. The Labute approximate surface area is 253 Å². The minimum atomic E-state index is -1.79. The third-order valence-electron chi connectivity index (χ3n) is 7.00. The Morgan fingerprint density at radius 2 is 1.69 bits per heavy atom. The summed E-state index contributed by atoms with van der Waals surface area (Å²) in [6.07, 6.45) is -5.80. The van der Waals surface area contributed by atoms with Gasteiger partial charge in [0, 0.05) is 23.8 Å². The van der Waals surface area contributed by atoms with Gasteiger partial charge in [-0.1, -0.05) is 6.07 Å². The number of ether oxygens (including phenoxy) is 4. The number of benzene rings is 3. The van der Waals surface area contributed by atoms with Crippen LogP contribution >= 0.6 is 0 Å². The van der Waals surface area contributed by atoms with Crippen LogP contribution in [-0.2, 0) is 14.3 Å². The van der Waals surface area contributed by atoms with E-state index in [1.54, 1.807) is 0 Å². The summed E-state index contributed by atoms with van der Waals surface area (Å²) in [6, 6.07) is 11.9. The van der Waals surface area contributed by atoms with Crippen molar-refractivity contribution in [2.45, 2.75) is 30.7 Å². The fraction of sp³-hybridized carbons (Fsp3) is 0.226. The maximum atomic E-state index is 12.9. The maximum absolute atomic E-state index is 12.9. The summed E-state index contributed by atoms with van der Waals surface area (Å²) >= 11 is 0. The van der Waals surface area contributed by atoms with Crippen molar-refractivity contribution in [2.24, 2.45) is 0 Å². The number of methoxy groups -OCH3 is 1. The lowest BCUT2D eigenvalue weighted by molar-refractivity contribution is -0.281. The Kier molecular flexibility index (Phi) is 8.83. The summed E-state index contributed by atoms with van der Waals surface area (Å²) in [7, 11) is 1.36. The molecule has 0 spiro atoms. The topological polar surface area (TPSA) is 226 Å². The van der Waals surface area contributed by atoms with Crippen LogP contribution in [0.25, 0.3) is 28.4 Å². The number of carbonyl (C=O) groups excluding carboxylic acids is 1. The number of hydrogen-bond donors (Lipinski definition) is 7. The van der Waals surface area contributed by atoms with Gasteiger partial charge in [0.1, 0.15) is 46.5 Å². The van der Waals surface area contributed by atoms with Crippen LogP contribution in [0.3, 0.4) is 0 Å². The van der Waals surface area contributed by atoms with Crippen LogP contribution in [0.2, 0.25) is 0 Å². The number of aliphatic hydroxyl groups is 3.